The number of nitrogens with one attached hydrogen (secondary N) is 1. The highest BCUT2D eigenvalue weighted by atomic mass is 32.1. The van der Waals surface area contributed by atoms with Crippen LogP contribution in [0.2, 0.25) is 0 Å². The Bertz CT molecular complexity index is 463. The number of rotatable bonds is 2. The summed E-state index contributed by atoms with van der Waals surface area (Å²) < 4.78 is 5.15. The van der Waals surface area contributed by atoms with E-state index in [1.54, 1.807) is 0 Å². The Balaban J connectivity index is 2.55. The molecule has 98 valence electrons. The van der Waals surface area contributed by atoms with Gasteiger partial charge < -0.3 is 10.5 Å². The van der Waals surface area contributed by atoms with Crippen LogP contribution in [0.15, 0.2) is 11.4 Å². The molecule has 0 aliphatic rings. The van der Waals surface area contributed by atoms with Crippen LogP contribution in [0.3, 0.4) is 0 Å². The number of carbonyl (C=O) groups is 1. The summed E-state index contributed by atoms with van der Waals surface area (Å²) in [6.45, 7) is 6.03. The van der Waals surface area contributed by atoms with Crippen molar-refractivity contribution in [2.75, 3.05) is 11.9 Å². The zero-order chi connectivity index (χ0) is 13.6. The van der Waals surface area contributed by atoms with E-state index in [-0.39, 0.29) is 0 Å². The van der Waals surface area contributed by atoms with Gasteiger partial charge in [0.2, 0.25) is 0 Å². The number of anilines is 1. The summed E-state index contributed by atoms with van der Waals surface area (Å²) >= 11 is 1.42. The molecule has 1 aromatic heterocycles. The second-order valence-corrected chi connectivity index (χ2v) is 5.58. The molecule has 0 bridgehead atoms. The monoisotopic (exact) mass is 266 g/mol. The van der Waals surface area contributed by atoms with Crippen LogP contribution in [-0.2, 0) is 4.74 Å². The van der Waals surface area contributed by atoms with Crippen LogP contribution >= 0.6 is 11.3 Å². The molecule has 0 aromatic carbocycles. The Morgan fingerprint density at radius 1 is 1.56 bits per heavy atom. The van der Waals surface area contributed by atoms with E-state index < -0.39 is 11.7 Å². The van der Waals surface area contributed by atoms with E-state index in [0.29, 0.717) is 13.0 Å². The van der Waals surface area contributed by atoms with E-state index in [2.05, 4.69) is 17.2 Å². The zero-order valence-electron chi connectivity index (χ0n) is 10.9. The van der Waals surface area contributed by atoms with E-state index in [0.717, 1.165) is 10.6 Å². The Morgan fingerprint density at radius 3 is 2.89 bits per heavy atom. The van der Waals surface area contributed by atoms with Crippen LogP contribution in [0, 0.1) is 11.8 Å². The standard InChI is InChI=1S/C13H18N2O2S/c1-13(2,3)17-12(16)15-11-8-10(9-18-11)6-4-5-7-14/h8-9H,5,7,14H2,1-3H3,(H,15,16). The first kappa shape index (κ1) is 14.6. The Labute approximate surface area is 112 Å². The maximum absolute atomic E-state index is 11.5. The van der Waals surface area contributed by atoms with Crippen molar-refractivity contribution in [3.63, 3.8) is 0 Å². The molecule has 0 radical (unpaired) electrons. The lowest BCUT2D eigenvalue weighted by Gasteiger charge is -2.19. The predicted molar refractivity (Wildman–Crippen MR) is 74.7 cm³/mol. The molecular weight excluding hydrogens is 248 g/mol. The molecule has 3 N–H and O–H groups in total. The fraction of sp³-hybridized carbons (Fsp3) is 0.462. The van der Waals surface area contributed by atoms with Crippen molar-refractivity contribution < 1.29 is 9.53 Å². The van der Waals surface area contributed by atoms with Crippen LogP contribution in [0.5, 0.6) is 0 Å². The van der Waals surface area contributed by atoms with Crippen molar-refractivity contribution in [3.8, 4) is 11.8 Å². The van der Waals surface area contributed by atoms with E-state index >= 15 is 0 Å². The van der Waals surface area contributed by atoms with Crippen LogP contribution in [0.4, 0.5) is 9.80 Å². The first-order chi connectivity index (χ1) is 8.40. The molecule has 0 fully saturated rings. The van der Waals surface area contributed by atoms with Gasteiger partial charge in [0.25, 0.3) is 0 Å². The topological polar surface area (TPSA) is 64.3 Å². The largest absolute Gasteiger partial charge is 0.444 e. The zero-order valence-corrected chi connectivity index (χ0v) is 11.7. The molecule has 1 aromatic rings. The number of thiophene rings is 1. The highest BCUT2D eigenvalue weighted by Gasteiger charge is 2.16. The number of amides is 1. The molecule has 0 spiro atoms. The van der Waals surface area contributed by atoms with Crippen molar-refractivity contribution in [2.24, 2.45) is 5.73 Å². The highest BCUT2D eigenvalue weighted by Crippen LogP contribution is 2.20. The quantitative estimate of drug-likeness (QED) is 0.809. The van der Waals surface area contributed by atoms with Crippen LogP contribution < -0.4 is 11.1 Å². The smallest absolute Gasteiger partial charge is 0.412 e. The minimum atomic E-state index is -0.495. The first-order valence-electron chi connectivity index (χ1n) is 5.68. The molecule has 0 unspecified atom stereocenters. The average Bonchev–Trinajstić information content (AvgIpc) is 2.63. The Kier molecular flexibility index (Phi) is 5.20. The lowest BCUT2D eigenvalue weighted by Crippen LogP contribution is -2.26. The summed E-state index contributed by atoms with van der Waals surface area (Å²) in [6, 6.07) is 1.82. The lowest BCUT2D eigenvalue weighted by molar-refractivity contribution is 0.0636. The molecular formula is C13H18N2O2S. The van der Waals surface area contributed by atoms with Gasteiger partial charge in [-0.3, -0.25) is 5.32 Å². The van der Waals surface area contributed by atoms with Crippen molar-refractivity contribution in [1.29, 1.82) is 0 Å². The van der Waals surface area contributed by atoms with Gasteiger partial charge in [-0.05, 0) is 26.8 Å². The minimum Gasteiger partial charge on any atom is -0.444 e. The molecule has 0 atom stereocenters. The van der Waals surface area contributed by atoms with Crippen molar-refractivity contribution in [3.05, 3.63) is 17.0 Å². The summed E-state index contributed by atoms with van der Waals surface area (Å²) in [6.07, 6.45) is 0.218. The molecule has 18 heavy (non-hydrogen) atoms. The third kappa shape index (κ3) is 5.71. The van der Waals surface area contributed by atoms with Crippen molar-refractivity contribution in [2.45, 2.75) is 32.8 Å². The predicted octanol–water partition coefficient (Wildman–Crippen LogP) is 2.80. The number of hydrogen-bond donors (Lipinski definition) is 2. The van der Waals surface area contributed by atoms with Crippen molar-refractivity contribution in [1.82, 2.24) is 0 Å². The van der Waals surface area contributed by atoms with Gasteiger partial charge in [-0.1, -0.05) is 11.8 Å². The van der Waals surface area contributed by atoms with Crippen LogP contribution in [0.1, 0.15) is 32.8 Å². The van der Waals surface area contributed by atoms with Gasteiger partial charge in [-0.25, -0.2) is 4.79 Å². The summed E-state index contributed by atoms with van der Waals surface area (Å²) in [5, 5.41) is 5.28. The maximum Gasteiger partial charge on any atom is 0.412 e. The van der Waals surface area contributed by atoms with Crippen LogP contribution in [0.25, 0.3) is 0 Å². The van der Waals surface area contributed by atoms with Gasteiger partial charge in [0, 0.05) is 23.9 Å². The maximum atomic E-state index is 11.5. The molecule has 0 saturated heterocycles. The molecule has 0 aliphatic heterocycles. The first-order valence-corrected chi connectivity index (χ1v) is 6.56. The molecule has 1 rings (SSSR count). The normalized spacial score (nSPS) is 10.4. The molecule has 4 nitrogen and oxygen atoms in total. The lowest BCUT2D eigenvalue weighted by atomic mass is 10.2. The molecule has 0 aliphatic carbocycles. The summed E-state index contributed by atoms with van der Waals surface area (Å²) in [5.74, 6) is 5.92. The summed E-state index contributed by atoms with van der Waals surface area (Å²) in [7, 11) is 0. The SMILES string of the molecule is CC(C)(C)OC(=O)Nc1cc(C#CCCN)cs1. The minimum absolute atomic E-state index is 0.453. The second kappa shape index (κ2) is 6.43. The summed E-state index contributed by atoms with van der Waals surface area (Å²) in [4.78, 5) is 11.5. The molecule has 0 saturated carbocycles. The third-order valence-corrected chi connectivity index (χ3v) is 2.57. The number of hydrogen-bond acceptors (Lipinski definition) is 4. The number of nitrogens with two attached hydrogens (primary N) is 1. The Hall–Kier alpha value is -1.51. The van der Waals surface area contributed by atoms with E-state index in [1.807, 2.05) is 32.2 Å². The Morgan fingerprint density at radius 2 is 2.28 bits per heavy atom. The fourth-order valence-corrected chi connectivity index (χ4v) is 1.83. The van der Waals surface area contributed by atoms with E-state index in [4.69, 9.17) is 10.5 Å². The second-order valence-electron chi connectivity index (χ2n) is 4.67. The molecule has 5 heteroatoms. The van der Waals surface area contributed by atoms with E-state index in [1.165, 1.54) is 11.3 Å². The fourth-order valence-electron chi connectivity index (χ4n) is 1.11. The van der Waals surface area contributed by atoms with Gasteiger partial charge in [0.1, 0.15) is 5.60 Å². The molecule has 1 heterocycles. The molecule has 1 amide bonds. The number of carbonyl (C=O) groups excluding carboxylic acids is 1. The average molecular weight is 266 g/mol. The van der Waals surface area contributed by atoms with Gasteiger partial charge >= 0.3 is 6.09 Å². The third-order valence-electron chi connectivity index (χ3n) is 1.73. The highest BCUT2D eigenvalue weighted by molar-refractivity contribution is 7.14. The number of ether oxygens (including phenoxy) is 1. The van der Waals surface area contributed by atoms with E-state index in [9.17, 15) is 4.79 Å². The van der Waals surface area contributed by atoms with Crippen LogP contribution in [-0.4, -0.2) is 18.2 Å². The summed E-state index contributed by atoms with van der Waals surface area (Å²) in [5.41, 5.74) is 5.73. The van der Waals surface area contributed by atoms with Gasteiger partial charge in [0.05, 0.1) is 5.00 Å². The van der Waals surface area contributed by atoms with Gasteiger partial charge in [-0.2, -0.15) is 0 Å². The van der Waals surface area contributed by atoms with Crippen molar-refractivity contribution >= 4 is 22.4 Å². The van der Waals surface area contributed by atoms with Gasteiger partial charge in [-0.15, -0.1) is 11.3 Å². The van der Waals surface area contributed by atoms with Gasteiger partial charge in [0.15, 0.2) is 0 Å².